The Morgan fingerprint density at radius 1 is 1.21 bits per heavy atom. The highest BCUT2D eigenvalue weighted by molar-refractivity contribution is 5.96. The van der Waals surface area contributed by atoms with Gasteiger partial charge in [0.1, 0.15) is 19.0 Å². The maximum atomic E-state index is 12.2. The van der Waals surface area contributed by atoms with Crippen molar-refractivity contribution in [2.45, 2.75) is 20.5 Å². The lowest BCUT2D eigenvalue weighted by molar-refractivity contribution is -0.141. The van der Waals surface area contributed by atoms with Gasteiger partial charge in [0, 0.05) is 0 Å². The highest BCUT2D eigenvalue weighted by Gasteiger charge is 2.17. The van der Waals surface area contributed by atoms with Crippen LogP contribution in [0.5, 0.6) is 5.75 Å². The Bertz CT molecular complexity index is 704. The second-order valence-corrected chi connectivity index (χ2v) is 4.89. The third kappa shape index (κ3) is 5.05. The van der Waals surface area contributed by atoms with E-state index in [1.807, 2.05) is 30.3 Å². The van der Waals surface area contributed by atoms with Crippen LogP contribution in [0.15, 0.2) is 36.5 Å². The first kappa shape index (κ1) is 17.4. The minimum Gasteiger partial charge on any atom is -0.485 e. The Morgan fingerprint density at radius 3 is 2.67 bits per heavy atom. The summed E-state index contributed by atoms with van der Waals surface area (Å²) >= 11 is 0. The Hall–Kier alpha value is -2.96. The molecule has 0 saturated heterocycles. The lowest BCUT2D eigenvalue weighted by Crippen LogP contribution is -2.31. The number of aryl methyl sites for hydroxylation is 1. The second kappa shape index (κ2) is 8.61. The van der Waals surface area contributed by atoms with Crippen LogP contribution in [0.25, 0.3) is 0 Å². The molecule has 0 aliphatic rings. The highest BCUT2D eigenvalue weighted by Crippen LogP contribution is 2.17. The molecule has 2 aromatic rings. The molecular formula is C17H19N3O4. The lowest BCUT2D eigenvalue weighted by Gasteiger charge is -2.11. The predicted octanol–water partition coefficient (Wildman–Crippen LogP) is 1.66. The molecule has 1 aromatic carbocycles. The number of benzene rings is 1. The van der Waals surface area contributed by atoms with Gasteiger partial charge in [0.2, 0.25) is 0 Å². The number of nitrogens with zero attached hydrogens (tertiary/aromatic N) is 2. The summed E-state index contributed by atoms with van der Waals surface area (Å²) < 4.78 is 10.4. The van der Waals surface area contributed by atoms with Gasteiger partial charge in [0.15, 0.2) is 11.4 Å². The highest BCUT2D eigenvalue weighted by atomic mass is 16.5. The van der Waals surface area contributed by atoms with Gasteiger partial charge in [-0.1, -0.05) is 30.3 Å². The Labute approximate surface area is 140 Å². The zero-order valence-corrected chi connectivity index (χ0v) is 13.6. The average molecular weight is 329 g/mol. The fourth-order valence-corrected chi connectivity index (χ4v) is 1.91. The zero-order chi connectivity index (χ0) is 17.4. The molecule has 1 aromatic heterocycles. The van der Waals surface area contributed by atoms with Crippen LogP contribution < -0.4 is 10.1 Å². The Kier molecular flexibility index (Phi) is 6.24. The van der Waals surface area contributed by atoms with E-state index in [4.69, 9.17) is 9.47 Å². The number of esters is 1. The molecule has 1 heterocycles. The van der Waals surface area contributed by atoms with Crippen molar-refractivity contribution in [2.75, 3.05) is 13.2 Å². The van der Waals surface area contributed by atoms with Crippen LogP contribution >= 0.6 is 0 Å². The van der Waals surface area contributed by atoms with Crippen molar-refractivity contribution in [3.63, 3.8) is 0 Å². The zero-order valence-electron chi connectivity index (χ0n) is 13.6. The van der Waals surface area contributed by atoms with Gasteiger partial charge in [-0.05, 0) is 19.4 Å². The number of carbonyl (C=O) groups is 2. The summed E-state index contributed by atoms with van der Waals surface area (Å²) in [5.41, 5.74) is 1.04. The smallest absolute Gasteiger partial charge is 0.325 e. The average Bonchev–Trinajstić information content (AvgIpc) is 2.59. The van der Waals surface area contributed by atoms with Crippen LogP contribution in [-0.4, -0.2) is 35.0 Å². The number of amides is 1. The molecular weight excluding hydrogens is 310 g/mol. The summed E-state index contributed by atoms with van der Waals surface area (Å²) in [6.07, 6.45) is 1.45. The maximum Gasteiger partial charge on any atom is 0.325 e. The van der Waals surface area contributed by atoms with Crippen molar-refractivity contribution in [2.24, 2.45) is 0 Å². The predicted molar refractivity (Wildman–Crippen MR) is 86.5 cm³/mol. The number of ether oxygens (including phenoxy) is 2. The summed E-state index contributed by atoms with van der Waals surface area (Å²) in [6.45, 7) is 3.68. The Balaban J connectivity index is 2.06. The van der Waals surface area contributed by atoms with Gasteiger partial charge in [0.25, 0.3) is 5.91 Å². The number of rotatable bonds is 7. The molecule has 0 fully saturated rings. The molecule has 1 N–H and O–H groups in total. The number of hydrogen-bond donors (Lipinski definition) is 1. The molecule has 7 nitrogen and oxygen atoms in total. The summed E-state index contributed by atoms with van der Waals surface area (Å²) in [5, 5.41) is 2.47. The molecule has 7 heteroatoms. The summed E-state index contributed by atoms with van der Waals surface area (Å²) in [6, 6.07) is 9.53. The van der Waals surface area contributed by atoms with Crippen molar-refractivity contribution in [3.05, 3.63) is 53.6 Å². The van der Waals surface area contributed by atoms with Crippen molar-refractivity contribution < 1.29 is 19.1 Å². The molecule has 0 bridgehead atoms. The van der Waals surface area contributed by atoms with Gasteiger partial charge >= 0.3 is 5.97 Å². The van der Waals surface area contributed by atoms with Gasteiger partial charge in [-0.25, -0.2) is 9.97 Å². The van der Waals surface area contributed by atoms with Crippen molar-refractivity contribution in [1.82, 2.24) is 15.3 Å². The number of hydrogen-bond acceptors (Lipinski definition) is 6. The normalized spacial score (nSPS) is 10.1. The summed E-state index contributed by atoms with van der Waals surface area (Å²) in [5.74, 6) is -0.339. The van der Waals surface area contributed by atoms with E-state index in [-0.39, 0.29) is 31.2 Å². The standard InChI is InChI=1S/C17H19N3O4/c1-3-23-15(21)10-19-17(22)16-14(9-18-12(2)20-16)24-11-13-7-5-4-6-8-13/h4-9H,3,10-11H2,1-2H3,(H,19,22). The van der Waals surface area contributed by atoms with Crippen molar-refractivity contribution in [1.29, 1.82) is 0 Å². The van der Waals surface area contributed by atoms with E-state index in [1.54, 1.807) is 13.8 Å². The molecule has 0 spiro atoms. The number of nitrogens with one attached hydrogen (secondary N) is 1. The van der Waals surface area contributed by atoms with Gasteiger partial charge < -0.3 is 14.8 Å². The molecule has 0 aliphatic carbocycles. The topological polar surface area (TPSA) is 90.4 Å². The second-order valence-electron chi connectivity index (χ2n) is 4.89. The van der Waals surface area contributed by atoms with Crippen LogP contribution in [0.3, 0.4) is 0 Å². The van der Waals surface area contributed by atoms with Gasteiger partial charge in [-0.2, -0.15) is 0 Å². The minimum absolute atomic E-state index is 0.0859. The molecule has 126 valence electrons. The quantitative estimate of drug-likeness (QED) is 0.777. The van der Waals surface area contributed by atoms with E-state index in [9.17, 15) is 9.59 Å². The fraction of sp³-hybridized carbons (Fsp3) is 0.294. The maximum absolute atomic E-state index is 12.2. The molecule has 1 amide bonds. The Morgan fingerprint density at radius 2 is 1.96 bits per heavy atom. The first-order valence-electron chi connectivity index (χ1n) is 7.54. The van der Waals surface area contributed by atoms with Gasteiger partial charge in [0.05, 0.1) is 12.8 Å². The summed E-state index contributed by atoms with van der Waals surface area (Å²) in [7, 11) is 0. The van der Waals surface area contributed by atoms with Crippen LogP contribution in [0.4, 0.5) is 0 Å². The molecule has 0 atom stereocenters. The van der Waals surface area contributed by atoms with Crippen molar-refractivity contribution in [3.8, 4) is 5.75 Å². The van der Waals surface area contributed by atoms with E-state index < -0.39 is 11.9 Å². The molecule has 24 heavy (non-hydrogen) atoms. The van der Waals surface area contributed by atoms with Crippen LogP contribution in [0, 0.1) is 6.92 Å². The van der Waals surface area contributed by atoms with E-state index >= 15 is 0 Å². The monoisotopic (exact) mass is 329 g/mol. The van der Waals surface area contributed by atoms with Crippen LogP contribution in [-0.2, 0) is 16.1 Å². The molecule has 0 unspecified atom stereocenters. The number of carbonyl (C=O) groups excluding carboxylic acids is 2. The molecule has 0 aliphatic heterocycles. The van der Waals surface area contributed by atoms with E-state index in [2.05, 4.69) is 15.3 Å². The minimum atomic E-state index is -0.517. The van der Waals surface area contributed by atoms with Crippen LogP contribution in [0.1, 0.15) is 28.8 Å². The molecule has 0 radical (unpaired) electrons. The SMILES string of the molecule is CCOC(=O)CNC(=O)c1nc(C)ncc1OCc1ccccc1. The van der Waals surface area contributed by atoms with Crippen LogP contribution in [0.2, 0.25) is 0 Å². The van der Waals surface area contributed by atoms with E-state index in [0.29, 0.717) is 5.82 Å². The molecule has 2 rings (SSSR count). The van der Waals surface area contributed by atoms with E-state index in [1.165, 1.54) is 6.20 Å². The third-order valence-electron chi connectivity index (χ3n) is 3.03. The fourth-order valence-electron chi connectivity index (χ4n) is 1.91. The van der Waals surface area contributed by atoms with Gasteiger partial charge in [-0.15, -0.1) is 0 Å². The van der Waals surface area contributed by atoms with Gasteiger partial charge in [-0.3, -0.25) is 9.59 Å². The third-order valence-corrected chi connectivity index (χ3v) is 3.03. The lowest BCUT2D eigenvalue weighted by atomic mass is 10.2. The largest absolute Gasteiger partial charge is 0.485 e. The first-order valence-corrected chi connectivity index (χ1v) is 7.54. The van der Waals surface area contributed by atoms with E-state index in [0.717, 1.165) is 5.56 Å². The first-order chi connectivity index (χ1) is 11.6. The number of aromatic nitrogens is 2. The molecule has 0 saturated carbocycles. The summed E-state index contributed by atoms with van der Waals surface area (Å²) in [4.78, 5) is 31.7. The van der Waals surface area contributed by atoms with Crippen molar-refractivity contribution >= 4 is 11.9 Å².